The topological polar surface area (TPSA) is 51.2 Å². The number of carbonyl (C=O) groups excluding carboxylic acids is 1. The number of amides is 1. The summed E-state index contributed by atoms with van der Waals surface area (Å²) in [6.07, 6.45) is 1.82. The van der Waals surface area contributed by atoms with Crippen LogP contribution in [0.3, 0.4) is 0 Å². The van der Waals surface area contributed by atoms with Gasteiger partial charge in [0.25, 0.3) is 5.91 Å². The van der Waals surface area contributed by atoms with E-state index in [1.165, 1.54) is 16.7 Å². The van der Waals surface area contributed by atoms with Crippen LogP contribution >= 0.6 is 47.2 Å². The number of benzene rings is 3. The molecule has 10 heteroatoms. The molecule has 0 aromatic heterocycles. The van der Waals surface area contributed by atoms with E-state index in [0.29, 0.717) is 42.2 Å². The Kier molecular flexibility index (Phi) is 8.04. The third-order valence-electron chi connectivity index (χ3n) is 6.22. The third-order valence-corrected chi connectivity index (χ3v) is 8.11. The number of halogens is 2. The predicted molar refractivity (Wildman–Crippen MR) is 159 cm³/mol. The number of ether oxygens (including phenoxy) is 3. The number of carbonyl (C=O) groups is 1. The second-order valence-electron chi connectivity index (χ2n) is 8.47. The normalized spacial score (nSPS) is 15.5. The molecule has 0 N–H and O–H groups in total. The fourth-order valence-electron chi connectivity index (χ4n) is 4.20. The second-order valence-corrected chi connectivity index (χ2v) is 11.0. The molecule has 2 aliphatic rings. The Bertz CT molecular complexity index is 1440. The maximum Gasteiger partial charge on any atom is 0.270 e. The molecular weight excluding hydrogens is 563 g/mol. The molecule has 2 heterocycles. The van der Waals surface area contributed by atoms with E-state index in [9.17, 15) is 4.79 Å². The number of anilines is 2. The highest BCUT2D eigenvalue weighted by Gasteiger charge is 2.34. The molecule has 196 valence electrons. The first-order valence-electron chi connectivity index (χ1n) is 12.0. The van der Waals surface area contributed by atoms with Crippen molar-refractivity contribution in [3.8, 4) is 17.2 Å². The molecule has 6 nitrogen and oxygen atoms in total. The van der Waals surface area contributed by atoms with E-state index < -0.39 is 0 Å². The number of fused-ring (bicyclic) bond motifs is 1. The molecule has 0 bridgehead atoms. The van der Waals surface area contributed by atoms with Gasteiger partial charge in [-0.05, 0) is 56.3 Å². The Hall–Kier alpha value is -2.91. The van der Waals surface area contributed by atoms with Gasteiger partial charge in [-0.15, -0.1) is 0 Å². The molecule has 5 rings (SSSR count). The number of hydrogen-bond donors (Lipinski definition) is 0. The average molecular weight is 588 g/mol. The van der Waals surface area contributed by atoms with E-state index in [4.69, 9.17) is 49.6 Å². The van der Waals surface area contributed by atoms with Crippen LogP contribution in [0.4, 0.5) is 11.4 Å². The Morgan fingerprint density at radius 2 is 1.84 bits per heavy atom. The first kappa shape index (κ1) is 26.7. The molecule has 1 fully saturated rings. The van der Waals surface area contributed by atoms with Gasteiger partial charge in [0.05, 0.1) is 10.6 Å². The average Bonchev–Trinajstić information content (AvgIpc) is 3.48. The minimum atomic E-state index is -0.210. The lowest BCUT2D eigenvalue weighted by Gasteiger charge is -2.22. The molecule has 3 aromatic rings. The zero-order chi connectivity index (χ0) is 26.8. The van der Waals surface area contributed by atoms with Gasteiger partial charge in [0.15, 0.2) is 15.8 Å². The van der Waals surface area contributed by atoms with E-state index in [1.54, 1.807) is 30.3 Å². The molecule has 1 amide bonds. The molecular formula is C28H24Cl2N2O4S2. The van der Waals surface area contributed by atoms with Crippen molar-refractivity contribution in [2.45, 2.75) is 20.5 Å². The van der Waals surface area contributed by atoms with Crippen LogP contribution in [0, 0.1) is 0 Å². The van der Waals surface area contributed by atoms with Crippen LogP contribution in [0.25, 0.3) is 6.08 Å². The fourth-order valence-corrected chi connectivity index (χ4v) is 5.96. The maximum atomic E-state index is 13.5. The number of thioether (sulfide) groups is 1. The van der Waals surface area contributed by atoms with Crippen LogP contribution in [0.5, 0.6) is 17.2 Å². The van der Waals surface area contributed by atoms with Crippen LogP contribution in [0.2, 0.25) is 10.0 Å². The summed E-state index contributed by atoms with van der Waals surface area (Å²) >= 11 is 19.2. The summed E-state index contributed by atoms with van der Waals surface area (Å²) in [5, 5.41) is 1.09. The molecule has 2 aliphatic heterocycles. The van der Waals surface area contributed by atoms with Crippen LogP contribution in [0.1, 0.15) is 25.0 Å². The number of rotatable bonds is 8. The van der Waals surface area contributed by atoms with E-state index in [0.717, 1.165) is 29.9 Å². The van der Waals surface area contributed by atoms with Crippen molar-refractivity contribution in [3.63, 3.8) is 0 Å². The molecule has 1 saturated heterocycles. The lowest BCUT2D eigenvalue weighted by atomic mass is 10.1. The maximum absolute atomic E-state index is 13.5. The van der Waals surface area contributed by atoms with Crippen molar-refractivity contribution in [1.82, 2.24) is 0 Å². The van der Waals surface area contributed by atoms with E-state index >= 15 is 0 Å². The highest BCUT2D eigenvalue weighted by Crippen LogP contribution is 2.41. The summed E-state index contributed by atoms with van der Waals surface area (Å²) in [4.78, 5) is 17.7. The first-order valence-corrected chi connectivity index (χ1v) is 14.0. The molecule has 3 aromatic carbocycles. The van der Waals surface area contributed by atoms with Crippen LogP contribution in [-0.2, 0) is 11.4 Å². The van der Waals surface area contributed by atoms with Crippen molar-refractivity contribution in [2.75, 3.05) is 29.7 Å². The molecule has 0 unspecified atom stereocenters. The molecule has 0 radical (unpaired) electrons. The molecule has 0 aliphatic carbocycles. The van der Waals surface area contributed by atoms with Gasteiger partial charge in [-0.1, -0.05) is 53.2 Å². The summed E-state index contributed by atoms with van der Waals surface area (Å²) in [6, 6.07) is 16.6. The van der Waals surface area contributed by atoms with Crippen LogP contribution in [-0.4, -0.2) is 30.1 Å². The Morgan fingerprint density at radius 3 is 2.61 bits per heavy atom. The summed E-state index contributed by atoms with van der Waals surface area (Å²) in [5.41, 5.74) is 3.23. The summed E-state index contributed by atoms with van der Waals surface area (Å²) in [7, 11) is 0. The Morgan fingerprint density at radius 1 is 1.05 bits per heavy atom. The number of thiocarbonyl (C=S) groups is 1. The molecule has 0 saturated carbocycles. The van der Waals surface area contributed by atoms with Gasteiger partial charge >= 0.3 is 0 Å². The van der Waals surface area contributed by atoms with Gasteiger partial charge in [0.2, 0.25) is 6.79 Å². The van der Waals surface area contributed by atoms with Gasteiger partial charge in [-0.2, -0.15) is 0 Å². The summed E-state index contributed by atoms with van der Waals surface area (Å²) in [6.45, 7) is 6.32. The van der Waals surface area contributed by atoms with Gasteiger partial charge in [-0.25, -0.2) is 0 Å². The highest BCUT2D eigenvalue weighted by atomic mass is 35.5. The third kappa shape index (κ3) is 5.45. The molecule has 0 atom stereocenters. The lowest BCUT2D eigenvalue weighted by Crippen LogP contribution is -2.27. The van der Waals surface area contributed by atoms with Gasteiger partial charge in [0.1, 0.15) is 12.4 Å². The Labute approximate surface area is 241 Å². The monoisotopic (exact) mass is 586 g/mol. The second kappa shape index (κ2) is 11.5. The first-order chi connectivity index (χ1) is 18.4. The fraction of sp³-hybridized carbons (Fsp3) is 0.214. The van der Waals surface area contributed by atoms with Gasteiger partial charge in [0, 0.05) is 52.1 Å². The zero-order valence-electron chi connectivity index (χ0n) is 20.7. The lowest BCUT2D eigenvalue weighted by molar-refractivity contribution is -0.113. The minimum absolute atomic E-state index is 0.157. The SMILES string of the molecule is CCN(CC)c1ccc(/C=C2/SC(=S)N(c3ccc4c(c3)OCO4)C2=O)c(OCc2ccc(Cl)cc2Cl)c1. The van der Waals surface area contributed by atoms with Gasteiger partial charge in [-0.3, -0.25) is 9.69 Å². The van der Waals surface area contributed by atoms with E-state index in [-0.39, 0.29) is 19.3 Å². The Balaban J connectivity index is 1.46. The number of nitrogens with zero attached hydrogens (tertiary/aromatic N) is 2. The van der Waals surface area contributed by atoms with Crippen molar-refractivity contribution in [2.24, 2.45) is 0 Å². The molecule has 0 spiro atoms. The predicted octanol–water partition coefficient (Wildman–Crippen LogP) is 7.55. The quantitative estimate of drug-likeness (QED) is 0.199. The van der Waals surface area contributed by atoms with Crippen LogP contribution in [0.15, 0.2) is 59.5 Å². The summed E-state index contributed by atoms with van der Waals surface area (Å²) in [5.74, 6) is 1.65. The largest absolute Gasteiger partial charge is 0.488 e. The van der Waals surface area contributed by atoms with Crippen molar-refractivity contribution in [3.05, 3.63) is 80.7 Å². The zero-order valence-corrected chi connectivity index (χ0v) is 23.8. The van der Waals surface area contributed by atoms with Crippen molar-refractivity contribution in [1.29, 1.82) is 0 Å². The van der Waals surface area contributed by atoms with Crippen molar-refractivity contribution < 1.29 is 19.0 Å². The molecule has 38 heavy (non-hydrogen) atoms. The van der Waals surface area contributed by atoms with Crippen molar-refractivity contribution >= 4 is 74.9 Å². The summed E-state index contributed by atoms with van der Waals surface area (Å²) < 4.78 is 17.6. The van der Waals surface area contributed by atoms with E-state index in [2.05, 4.69) is 18.7 Å². The van der Waals surface area contributed by atoms with E-state index in [1.807, 2.05) is 30.3 Å². The smallest absolute Gasteiger partial charge is 0.270 e. The van der Waals surface area contributed by atoms with Gasteiger partial charge < -0.3 is 19.1 Å². The highest BCUT2D eigenvalue weighted by molar-refractivity contribution is 8.27. The minimum Gasteiger partial charge on any atom is -0.488 e. The number of hydrogen-bond acceptors (Lipinski definition) is 7. The standard InChI is InChI=1S/C28H24Cl2N2O4S2/c1-3-31(4-2)20-8-6-17(24(13-20)34-15-18-5-7-19(29)12-22(18)30)11-26-27(33)32(28(37)38-26)21-9-10-23-25(14-21)36-16-35-23/h5-14H,3-4,15-16H2,1-2H3/b26-11+. The van der Waals surface area contributed by atoms with Crippen LogP contribution < -0.4 is 24.0 Å².